The number of nitrogens with one attached hydrogen (secondary N) is 1. The first-order valence-corrected chi connectivity index (χ1v) is 6.56. The molecule has 3 unspecified atom stereocenters. The molecule has 1 N–H and O–H groups in total. The van der Waals surface area contributed by atoms with E-state index in [0.29, 0.717) is 18.2 Å². The minimum atomic E-state index is 0.340. The molecule has 0 radical (unpaired) electrons. The highest BCUT2D eigenvalue weighted by Gasteiger charge is 2.29. The molecule has 0 bridgehead atoms. The molecule has 0 aliphatic carbocycles. The molecule has 1 saturated heterocycles. The molecule has 2 rings (SSSR count). The normalized spacial score (nSPS) is 26.3. The summed E-state index contributed by atoms with van der Waals surface area (Å²) in [4.78, 5) is 0. The molecule has 17 heavy (non-hydrogen) atoms. The van der Waals surface area contributed by atoms with Crippen LogP contribution in [0.5, 0.6) is 0 Å². The van der Waals surface area contributed by atoms with E-state index in [1.807, 2.05) is 17.9 Å². The monoisotopic (exact) mass is 237 g/mol. The van der Waals surface area contributed by atoms with Crippen LogP contribution in [0.4, 0.5) is 0 Å². The first kappa shape index (κ1) is 12.6. The highest BCUT2D eigenvalue weighted by atomic mass is 16.5. The number of hydrogen-bond acceptors (Lipinski definition) is 3. The van der Waals surface area contributed by atoms with Crippen LogP contribution in [0, 0.1) is 0 Å². The molecule has 0 aromatic carbocycles. The van der Waals surface area contributed by atoms with Gasteiger partial charge < -0.3 is 10.1 Å². The number of likely N-dealkylation sites (N-methyl/N-ethyl adjacent to an activating group) is 1. The van der Waals surface area contributed by atoms with Gasteiger partial charge in [-0.15, -0.1) is 0 Å². The van der Waals surface area contributed by atoms with Crippen LogP contribution in [0.3, 0.4) is 0 Å². The van der Waals surface area contributed by atoms with Gasteiger partial charge in [0.2, 0.25) is 0 Å². The number of rotatable bonds is 5. The Bertz CT molecular complexity index is 350. The van der Waals surface area contributed by atoms with Crippen LogP contribution in [0.25, 0.3) is 0 Å². The Labute approximate surface area is 103 Å². The molecule has 4 nitrogen and oxygen atoms in total. The third-order valence-corrected chi connectivity index (χ3v) is 3.38. The Morgan fingerprint density at radius 2 is 2.41 bits per heavy atom. The van der Waals surface area contributed by atoms with Crippen LogP contribution in [0.1, 0.15) is 32.4 Å². The van der Waals surface area contributed by atoms with Crippen molar-refractivity contribution in [1.29, 1.82) is 0 Å². The minimum absolute atomic E-state index is 0.340. The lowest BCUT2D eigenvalue weighted by atomic mass is 10.0. The van der Waals surface area contributed by atoms with Crippen molar-refractivity contribution in [2.45, 2.75) is 51.4 Å². The molecule has 1 aliphatic heterocycles. The van der Waals surface area contributed by atoms with E-state index in [-0.39, 0.29) is 0 Å². The van der Waals surface area contributed by atoms with Crippen molar-refractivity contribution in [3.63, 3.8) is 0 Å². The fraction of sp³-hybridized carbons (Fsp3) is 0.769. The van der Waals surface area contributed by atoms with Crippen molar-refractivity contribution in [2.75, 3.05) is 6.54 Å². The molecule has 1 fully saturated rings. The topological polar surface area (TPSA) is 39.1 Å². The fourth-order valence-corrected chi connectivity index (χ4v) is 2.52. The molecule has 1 aromatic heterocycles. The lowest BCUT2D eigenvalue weighted by molar-refractivity contribution is 0.0322. The van der Waals surface area contributed by atoms with Gasteiger partial charge in [-0.3, -0.25) is 4.68 Å². The van der Waals surface area contributed by atoms with Crippen molar-refractivity contribution in [2.24, 2.45) is 7.05 Å². The van der Waals surface area contributed by atoms with E-state index >= 15 is 0 Å². The largest absolute Gasteiger partial charge is 0.374 e. The highest BCUT2D eigenvalue weighted by Crippen LogP contribution is 2.23. The number of nitrogens with zero attached hydrogens (tertiary/aromatic N) is 2. The first-order chi connectivity index (χ1) is 8.19. The van der Waals surface area contributed by atoms with Gasteiger partial charge in [-0.25, -0.2) is 0 Å². The summed E-state index contributed by atoms with van der Waals surface area (Å²) in [5.74, 6) is 0. The average molecular weight is 237 g/mol. The molecule has 3 atom stereocenters. The minimum Gasteiger partial charge on any atom is -0.374 e. The second-order valence-electron chi connectivity index (χ2n) is 4.91. The summed E-state index contributed by atoms with van der Waals surface area (Å²) in [5.41, 5.74) is 1.14. The smallest absolute Gasteiger partial charge is 0.0736 e. The summed E-state index contributed by atoms with van der Waals surface area (Å²) < 4.78 is 7.82. The van der Waals surface area contributed by atoms with Crippen molar-refractivity contribution >= 4 is 0 Å². The third kappa shape index (κ3) is 3.30. The number of hydrogen-bond donors (Lipinski definition) is 1. The number of aromatic nitrogens is 2. The van der Waals surface area contributed by atoms with Crippen molar-refractivity contribution in [1.82, 2.24) is 15.1 Å². The predicted octanol–water partition coefficient (Wildman–Crippen LogP) is 1.51. The Balaban J connectivity index is 1.97. The van der Waals surface area contributed by atoms with Gasteiger partial charge in [0.1, 0.15) is 0 Å². The van der Waals surface area contributed by atoms with Crippen LogP contribution in [0.2, 0.25) is 0 Å². The summed E-state index contributed by atoms with van der Waals surface area (Å²) >= 11 is 0. The molecule has 0 saturated carbocycles. The van der Waals surface area contributed by atoms with E-state index in [9.17, 15) is 0 Å². The zero-order chi connectivity index (χ0) is 12.3. The Kier molecular flexibility index (Phi) is 4.18. The van der Waals surface area contributed by atoms with Crippen molar-refractivity contribution < 1.29 is 4.74 Å². The maximum Gasteiger partial charge on any atom is 0.0736 e. The summed E-state index contributed by atoms with van der Waals surface area (Å²) in [7, 11) is 1.96. The summed E-state index contributed by atoms with van der Waals surface area (Å²) in [6.45, 7) is 5.28. The van der Waals surface area contributed by atoms with Gasteiger partial charge in [0.05, 0.1) is 17.9 Å². The number of ether oxygens (including phenoxy) is 1. The molecular weight excluding hydrogens is 214 g/mol. The molecule has 0 spiro atoms. The Morgan fingerprint density at radius 1 is 1.59 bits per heavy atom. The van der Waals surface area contributed by atoms with Crippen LogP contribution in [-0.4, -0.2) is 34.6 Å². The second-order valence-corrected chi connectivity index (χ2v) is 4.91. The van der Waals surface area contributed by atoms with E-state index < -0.39 is 0 Å². The summed E-state index contributed by atoms with van der Waals surface area (Å²) in [6, 6.07) is 2.47. The molecule has 1 aromatic rings. The maximum absolute atomic E-state index is 5.96. The SMILES string of the molecule is CCNC(Cc1ccn(C)n1)C1CCC(C)O1. The van der Waals surface area contributed by atoms with Crippen molar-refractivity contribution in [3.05, 3.63) is 18.0 Å². The van der Waals surface area contributed by atoms with Crippen LogP contribution < -0.4 is 5.32 Å². The Hall–Kier alpha value is -0.870. The van der Waals surface area contributed by atoms with Gasteiger partial charge in [-0.1, -0.05) is 6.92 Å². The lowest BCUT2D eigenvalue weighted by Crippen LogP contribution is -2.41. The highest BCUT2D eigenvalue weighted by molar-refractivity contribution is 5.03. The van der Waals surface area contributed by atoms with Gasteiger partial charge in [-0.05, 0) is 32.4 Å². The molecule has 0 amide bonds. The molecule has 96 valence electrons. The standard InChI is InChI=1S/C13H23N3O/c1-4-14-12(13-6-5-10(2)17-13)9-11-7-8-16(3)15-11/h7-8,10,12-14H,4-6,9H2,1-3H3. The molecule has 2 heterocycles. The van der Waals surface area contributed by atoms with Gasteiger partial charge >= 0.3 is 0 Å². The van der Waals surface area contributed by atoms with E-state index in [1.165, 1.54) is 6.42 Å². The summed E-state index contributed by atoms with van der Waals surface area (Å²) in [6.07, 6.45) is 6.03. The zero-order valence-electron chi connectivity index (χ0n) is 11.0. The molecular formula is C13H23N3O. The van der Waals surface area contributed by atoms with Crippen LogP contribution in [-0.2, 0) is 18.2 Å². The van der Waals surface area contributed by atoms with E-state index in [4.69, 9.17) is 4.74 Å². The maximum atomic E-state index is 5.96. The van der Waals surface area contributed by atoms with Gasteiger partial charge in [-0.2, -0.15) is 5.10 Å². The summed E-state index contributed by atoms with van der Waals surface area (Å²) in [5, 5.41) is 7.97. The van der Waals surface area contributed by atoms with Gasteiger partial charge in [0.25, 0.3) is 0 Å². The van der Waals surface area contributed by atoms with Gasteiger partial charge in [0, 0.05) is 25.7 Å². The van der Waals surface area contributed by atoms with E-state index in [2.05, 4.69) is 30.3 Å². The van der Waals surface area contributed by atoms with Crippen LogP contribution >= 0.6 is 0 Å². The second kappa shape index (κ2) is 5.65. The molecule has 4 heteroatoms. The lowest BCUT2D eigenvalue weighted by Gasteiger charge is -2.23. The van der Waals surface area contributed by atoms with E-state index in [1.54, 1.807) is 0 Å². The quantitative estimate of drug-likeness (QED) is 0.843. The third-order valence-electron chi connectivity index (χ3n) is 3.38. The average Bonchev–Trinajstić information content (AvgIpc) is 2.87. The fourth-order valence-electron chi connectivity index (χ4n) is 2.52. The molecule has 1 aliphatic rings. The van der Waals surface area contributed by atoms with Crippen LogP contribution in [0.15, 0.2) is 12.3 Å². The Morgan fingerprint density at radius 3 is 2.94 bits per heavy atom. The van der Waals surface area contributed by atoms with E-state index in [0.717, 1.165) is 25.1 Å². The first-order valence-electron chi connectivity index (χ1n) is 6.56. The zero-order valence-corrected chi connectivity index (χ0v) is 11.0. The predicted molar refractivity (Wildman–Crippen MR) is 67.9 cm³/mol. The van der Waals surface area contributed by atoms with Gasteiger partial charge in [0.15, 0.2) is 0 Å². The van der Waals surface area contributed by atoms with Crippen molar-refractivity contribution in [3.8, 4) is 0 Å². The number of aryl methyl sites for hydroxylation is 1.